The summed E-state index contributed by atoms with van der Waals surface area (Å²) in [7, 11) is 0. The van der Waals surface area contributed by atoms with E-state index in [1.54, 1.807) is 47.4 Å². The largest absolute Gasteiger partial charge is 0.334 e. The molecule has 0 fully saturated rings. The molecule has 0 aliphatic heterocycles. The summed E-state index contributed by atoms with van der Waals surface area (Å²) in [6.45, 7) is 4.85. The molecule has 3 N–H and O–H groups in total. The van der Waals surface area contributed by atoms with Crippen LogP contribution in [-0.2, 0) is 6.54 Å². The lowest BCUT2D eigenvalue weighted by Gasteiger charge is -2.32. The van der Waals surface area contributed by atoms with Gasteiger partial charge < -0.3 is 16.0 Å². The molecule has 3 rings (SSSR count). The smallest absolute Gasteiger partial charge is 0.255 e. The number of carbonyl (C=O) groups is 2. The summed E-state index contributed by atoms with van der Waals surface area (Å²) in [6.07, 6.45) is 0. The van der Waals surface area contributed by atoms with Crippen LogP contribution in [0.1, 0.15) is 45.7 Å². The van der Waals surface area contributed by atoms with E-state index in [2.05, 4.69) is 5.32 Å². The van der Waals surface area contributed by atoms with Gasteiger partial charge in [0, 0.05) is 34.9 Å². The van der Waals surface area contributed by atoms with Crippen molar-refractivity contribution in [3.63, 3.8) is 0 Å². The van der Waals surface area contributed by atoms with Crippen molar-refractivity contribution in [2.75, 3.05) is 18.4 Å². The first kappa shape index (κ1) is 25.9. The van der Waals surface area contributed by atoms with E-state index in [0.29, 0.717) is 46.1 Å². The van der Waals surface area contributed by atoms with Gasteiger partial charge in [-0.15, -0.1) is 0 Å². The summed E-state index contributed by atoms with van der Waals surface area (Å²) in [6, 6.07) is 18.7. The molecule has 0 atom stereocenters. The first-order chi connectivity index (χ1) is 16.6. The lowest BCUT2D eigenvalue weighted by Crippen LogP contribution is -2.41. The van der Waals surface area contributed by atoms with Crippen molar-refractivity contribution in [1.82, 2.24) is 4.90 Å². The van der Waals surface area contributed by atoms with Gasteiger partial charge in [0.05, 0.1) is 11.6 Å². The predicted molar refractivity (Wildman–Crippen MR) is 135 cm³/mol. The van der Waals surface area contributed by atoms with Gasteiger partial charge in [-0.2, -0.15) is 5.26 Å². The average molecular weight is 493 g/mol. The molecule has 0 saturated heterocycles. The normalized spacial score (nSPS) is 11.0. The SMILES string of the molecule is CC(C)(CN)CN(Cc1cc(NC(=O)c2ccc(F)cc2)ccc1Cl)C(=O)c1ccc(C#N)cc1. The molecule has 0 aromatic heterocycles. The maximum absolute atomic E-state index is 13.4. The van der Waals surface area contributed by atoms with Crippen LogP contribution >= 0.6 is 11.6 Å². The van der Waals surface area contributed by atoms with E-state index < -0.39 is 11.7 Å². The lowest BCUT2D eigenvalue weighted by atomic mass is 9.92. The van der Waals surface area contributed by atoms with Gasteiger partial charge in [-0.05, 0) is 84.3 Å². The fourth-order valence-electron chi connectivity index (χ4n) is 3.43. The lowest BCUT2D eigenvalue weighted by molar-refractivity contribution is 0.0673. The maximum Gasteiger partial charge on any atom is 0.255 e. The zero-order chi connectivity index (χ0) is 25.6. The number of halogens is 2. The molecular formula is C27H26ClFN4O2. The fourth-order valence-corrected chi connectivity index (χ4v) is 3.61. The third kappa shape index (κ3) is 6.89. The molecule has 0 spiro atoms. The molecule has 0 heterocycles. The van der Waals surface area contributed by atoms with E-state index in [1.807, 2.05) is 19.9 Å². The number of nitrogens with two attached hydrogens (primary N) is 1. The maximum atomic E-state index is 13.4. The van der Waals surface area contributed by atoms with E-state index in [4.69, 9.17) is 22.6 Å². The van der Waals surface area contributed by atoms with Crippen molar-refractivity contribution in [3.8, 4) is 6.07 Å². The Balaban J connectivity index is 1.86. The molecular weight excluding hydrogens is 467 g/mol. The number of amides is 2. The summed E-state index contributed by atoms with van der Waals surface area (Å²) in [5, 5.41) is 12.3. The average Bonchev–Trinajstić information content (AvgIpc) is 2.85. The summed E-state index contributed by atoms with van der Waals surface area (Å²) >= 11 is 6.45. The quantitative estimate of drug-likeness (QED) is 0.449. The van der Waals surface area contributed by atoms with Crippen molar-refractivity contribution in [3.05, 3.63) is 99.8 Å². The number of carbonyl (C=O) groups excluding carboxylic acids is 2. The monoisotopic (exact) mass is 492 g/mol. The number of nitrogens with zero attached hydrogens (tertiary/aromatic N) is 2. The molecule has 0 aliphatic carbocycles. The van der Waals surface area contributed by atoms with E-state index in [9.17, 15) is 14.0 Å². The minimum absolute atomic E-state index is 0.182. The van der Waals surface area contributed by atoms with Gasteiger partial charge in [-0.1, -0.05) is 25.4 Å². The van der Waals surface area contributed by atoms with Gasteiger partial charge in [0.25, 0.3) is 11.8 Å². The summed E-state index contributed by atoms with van der Waals surface area (Å²) in [5.41, 5.74) is 7.91. The molecule has 35 heavy (non-hydrogen) atoms. The van der Waals surface area contributed by atoms with Crippen LogP contribution in [0.5, 0.6) is 0 Å². The van der Waals surface area contributed by atoms with E-state index >= 15 is 0 Å². The Morgan fingerprint density at radius 3 is 2.29 bits per heavy atom. The Labute approximate surface area is 209 Å². The molecule has 8 heteroatoms. The second-order valence-electron chi connectivity index (χ2n) is 8.99. The van der Waals surface area contributed by atoms with Gasteiger partial charge in [-0.3, -0.25) is 9.59 Å². The second-order valence-corrected chi connectivity index (χ2v) is 9.39. The van der Waals surface area contributed by atoms with Crippen molar-refractivity contribution in [1.29, 1.82) is 5.26 Å². The molecule has 0 bridgehead atoms. The fraction of sp³-hybridized carbons (Fsp3) is 0.222. The first-order valence-corrected chi connectivity index (χ1v) is 11.3. The highest BCUT2D eigenvalue weighted by molar-refractivity contribution is 6.31. The number of anilines is 1. The Morgan fingerprint density at radius 1 is 1.06 bits per heavy atom. The predicted octanol–water partition coefficient (Wildman–Crippen LogP) is 5.23. The minimum atomic E-state index is -0.428. The summed E-state index contributed by atoms with van der Waals surface area (Å²) < 4.78 is 13.2. The van der Waals surface area contributed by atoms with Crippen LogP contribution in [0.2, 0.25) is 5.02 Å². The number of rotatable bonds is 8. The van der Waals surface area contributed by atoms with Crippen LogP contribution in [0.3, 0.4) is 0 Å². The summed E-state index contributed by atoms with van der Waals surface area (Å²) in [4.78, 5) is 27.6. The van der Waals surface area contributed by atoms with Gasteiger partial charge >= 0.3 is 0 Å². The van der Waals surface area contributed by atoms with Crippen LogP contribution < -0.4 is 11.1 Å². The molecule has 180 valence electrons. The summed E-state index contributed by atoms with van der Waals surface area (Å²) in [5.74, 6) is -1.05. The van der Waals surface area contributed by atoms with Crippen molar-refractivity contribution in [2.24, 2.45) is 11.1 Å². The molecule has 0 aliphatic rings. The molecule has 3 aromatic carbocycles. The van der Waals surface area contributed by atoms with Crippen molar-refractivity contribution < 1.29 is 14.0 Å². The molecule has 6 nitrogen and oxygen atoms in total. The van der Waals surface area contributed by atoms with E-state index in [0.717, 1.165) is 0 Å². The van der Waals surface area contributed by atoms with Crippen LogP contribution in [0, 0.1) is 22.6 Å². The Morgan fingerprint density at radius 2 is 1.69 bits per heavy atom. The van der Waals surface area contributed by atoms with Crippen molar-refractivity contribution in [2.45, 2.75) is 20.4 Å². The highest BCUT2D eigenvalue weighted by Gasteiger charge is 2.25. The third-order valence-corrected chi connectivity index (χ3v) is 5.86. The number of nitriles is 1. The van der Waals surface area contributed by atoms with Crippen LogP contribution in [0.4, 0.5) is 10.1 Å². The molecule has 0 unspecified atom stereocenters. The zero-order valence-electron chi connectivity index (χ0n) is 19.5. The van der Waals surface area contributed by atoms with Crippen LogP contribution in [0.25, 0.3) is 0 Å². The Hall–Kier alpha value is -3.73. The van der Waals surface area contributed by atoms with Gasteiger partial charge in [-0.25, -0.2) is 4.39 Å². The molecule has 0 radical (unpaired) electrons. The first-order valence-electron chi connectivity index (χ1n) is 11.0. The number of hydrogen-bond donors (Lipinski definition) is 2. The molecule has 2 amide bonds. The minimum Gasteiger partial charge on any atom is -0.334 e. The second kappa shape index (κ2) is 11.1. The van der Waals surface area contributed by atoms with E-state index in [-0.39, 0.29) is 17.9 Å². The standard InChI is InChI=1S/C27H26ClFN4O2/c1-27(2,16-31)17-33(26(35)20-5-3-18(14-30)4-6-20)15-21-13-23(11-12-24(21)28)32-25(34)19-7-9-22(29)10-8-19/h3-13H,15-17,31H2,1-2H3,(H,32,34). The third-order valence-electron chi connectivity index (χ3n) is 5.49. The number of hydrogen-bond acceptors (Lipinski definition) is 4. The van der Waals surface area contributed by atoms with Crippen LogP contribution in [0.15, 0.2) is 66.7 Å². The van der Waals surface area contributed by atoms with Gasteiger partial charge in [0.15, 0.2) is 0 Å². The number of benzene rings is 3. The van der Waals surface area contributed by atoms with Gasteiger partial charge in [0.1, 0.15) is 5.82 Å². The highest BCUT2D eigenvalue weighted by Crippen LogP contribution is 2.26. The van der Waals surface area contributed by atoms with Gasteiger partial charge in [0.2, 0.25) is 0 Å². The molecule has 3 aromatic rings. The number of nitrogens with one attached hydrogen (secondary N) is 1. The van der Waals surface area contributed by atoms with E-state index in [1.165, 1.54) is 24.3 Å². The highest BCUT2D eigenvalue weighted by atomic mass is 35.5. The Bertz CT molecular complexity index is 1250. The zero-order valence-corrected chi connectivity index (χ0v) is 20.3. The topological polar surface area (TPSA) is 99.2 Å². The Kier molecular flexibility index (Phi) is 8.23. The van der Waals surface area contributed by atoms with Crippen LogP contribution in [-0.4, -0.2) is 29.8 Å². The van der Waals surface area contributed by atoms with Crippen molar-refractivity contribution >= 4 is 29.1 Å². The molecule has 0 saturated carbocycles.